The Morgan fingerprint density at radius 3 is 2.48 bits per heavy atom. The molecule has 29 heavy (non-hydrogen) atoms. The Labute approximate surface area is 167 Å². The van der Waals surface area contributed by atoms with Crippen molar-refractivity contribution in [1.82, 2.24) is 9.97 Å². The lowest BCUT2D eigenvalue weighted by Crippen LogP contribution is -2.30. The zero-order valence-electron chi connectivity index (χ0n) is 16.3. The van der Waals surface area contributed by atoms with E-state index in [1.165, 1.54) is 24.8 Å². The lowest BCUT2D eigenvalue weighted by Gasteiger charge is -2.27. The fourth-order valence-electron chi connectivity index (χ4n) is 3.40. The largest absolute Gasteiger partial charge is 0.462 e. The first-order valence-corrected chi connectivity index (χ1v) is 9.87. The molecule has 0 atom stereocenters. The zero-order chi connectivity index (χ0) is 20.9. The fraction of sp³-hybridized carbons (Fsp3) is 0.476. The van der Waals surface area contributed by atoms with Gasteiger partial charge in [0.1, 0.15) is 11.4 Å². The van der Waals surface area contributed by atoms with E-state index in [0.717, 1.165) is 50.9 Å². The number of carbonyl (C=O) groups excluding carboxylic acids is 1. The molecule has 2 aromatic rings. The maximum absolute atomic E-state index is 13.1. The van der Waals surface area contributed by atoms with Crippen molar-refractivity contribution in [3.05, 3.63) is 41.6 Å². The Morgan fingerprint density at radius 1 is 1.14 bits per heavy atom. The van der Waals surface area contributed by atoms with Gasteiger partial charge < -0.3 is 9.64 Å². The standard InChI is InChI=1S/C21H24F3N3O2/c1-2-29-20(28)17-14-25-18(15-9-8-10-16(13-15)21(22,23)24)26-19(17)27-11-6-4-3-5-7-12-27/h8-10,13-14H,2-7,11-12H2,1H3. The normalized spacial score (nSPS) is 15.5. The Balaban J connectivity index is 2.03. The molecule has 0 unspecified atom stereocenters. The van der Waals surface area contributed by atoms with Crippen molar-refractivity contribution in [3.8, 4) is 11.4 Å². The highest BCUT2D eigenvalue weighted by Gasteiger charge is 2.31. The van der Waals surface area contributed by atoms with Gasteiger partial charge in [0.05, 0.1) is 12.2 Å². The number of hydrogen-bond acceptors (Lipinski definition) is 5. The summed E-state index contributed by atoms with van der Waals surface area (Å²) in [6.45, 7) is 3.39. The van der Waals surface area contributed by atoms with Crippen LogP contribution in [-0.4, -0.2) is 35.6 Å². The quantitative estimate of drug-likeness (QED) is 0.660. The number of rotatable bonds is 4. The summed E-state index contributed by atoms with van der Waals surface area (Å²) in [6.07, 6.45) is 2.20. The minimum atomic E-state index is -4.45. The summed E-state index contributed by atoms with van der Waals surface area (Å²) in [4.78, 5) is 23.1. The van der Waals surface area contributed by atoms with E-state index >= 15 is 0 Å². The summed E-state index contributed by atoms with van der Waals surface area (Å²) in [5.74, 6) is 0.0501. The van der Waals surface area contributed by atoms with Crippen LogP contribution in [0.25, 0.3) is 11.4 Å². The molecule has 5 nitrogen and oxygen atoms in total. The maximum atomic E-state index is 13.1. The number of anilines is 1. The summed E-state index contributed by atoms with van der Waals surface area (Å²) >= 11 is 0. The lowest BCUT2D eigenvalue weighted by molar-refractivity contribution is -0.137. The molecular formula is C21H24F3N3O2. The highest BCUT2D eigenvalue weighted by Crippen LogP contribution is 2.32. The van der Waals surface area contributed by atoms with Crippen LogP contribution in [-0.2, 0) is 10.9 Å². The molecule has 0 aliphatic carbocycles. The SMILES string of the molecule is CCOC(=O)c1cnc(-c2cccc(C(F)(F)F)c2)nc1N1CCCCCCC1. The molecule has 1 aliphatic rings. The third-order valence-corrected chi connectivity index (χ3v) is 4.87. The van der Waals surface area contributed by atoms with Crippen LogP contribution in [0.5, 0.6) is 0 Å². The van der Waals surface area contributed by atoms with Gasteiger partial charge in [0, 0.05) is 24.8 Å². The van der Waals surface area contributed by atoms with Crippen LogP contribution in [0, 0.1) is 0 Å². The minimum absolute atomic E-state index is 0.154. The molecule has 1 aromatic carbocycles. The van der Waals surface area contributed by atoms with Crippen molar-refractivity contribution >= 4 is 11.8 Å². The topological polar surface area (TPSA) is 55.3 Å². The highest BCUT2D eigenvalue weighted by molar-refractivity contribution is 5.94. The molecule has 0 radical (unpaired) electrons. The molecule has 1 aromatic heterocycles. The van der Waals surface area contributed by atoms with Gasteiger partial charge in [0.2, 0.25) is 0 Å². The number of nitrogens with zero attached hydrogens (tertiary/aromatic N) is 3. The Kier molecular flexibility index (Phi) is 6.71. The van der Waals surface area contributed by atoms with E-state index in [4.69, 9.17) is 4.74 Å². The van der Waals surface area contributed by atoms with Crippen LogP contribution >= 0.6 is 0 Å². The molecule has 3 rings (SSSR count). The first kappa shape index (κ1) is 21.1. The monoisotopic (exact) mass is 407 g/mol. The van der Waals surface area contributed by atoms with Crippen molar-refractivity contribution < 1.29 is 22.7 Å². The number of esters is 1. The van der Waals surface area contributed by atoms with Gasteiger partial charge in [-0.3, -0.25) is 0 Å². The predicted octanol–water partition coefficient (Wildman–Crippen LogP) is 5.11. The molecule has 0 amide bonds. The third kappa shape index (κ3) is 5.25. The van der Waals surface area contributed by atoms with Crippen LogP contribution in [0.1, 0.15) is 54.9 Å². The molecule has 0 saturated carbocycles. The number of aromatic nitrogens is 2. The van der Waals surface area contributed by atoms with E-state index in [1.807, 2.05) is 4.90 Å². The van der Waals surface area contributed by atoms with Crippen molar-refractivity contribution in [3.63, 3.8) is 0 Å². The number of benzene rings is 1. The summed E-state index contributed by atoms with van der Waals surface area (Å²) in [7, 11) is 0. The Morgan fingerprint density at radius 2 is 1.83 bits per heavy atom. The second kappa shape index (κ2) is 9.24. The van der Waals surface area contributed by atoms with E-state index in [-0.39, 0.29) is 23.6 Å². The molecular weight excluding hydrogens is 383 g/mol. The van der Waals surface area contributed by atoms with Crippen molar-refractivity contribution in [2.24, 2.45) is 0 Å². The van der Waals surface area contributed by atoms with Gasteiger partial charge in [-0.1, -0.05) is 31.4 Å². The maximum Gasteiger partial charge on any atom is 0.416 e. The Hall–Kier alpha value is -2.64. The van der Waals surface area contributed by atoms with Crippen LogP contribution in [0.2, 0.25) is 0 Å². The number of hydrogen-bond donors (Lipinski definition) is 0. The summed E-state index contributed by atoms with van der Waals surface area (Å²) < 4.78 is 44.4. The smallest absolute Gasteiger partial charge is 0.416 e. The van der Waals surface area contributed by atoms with Crippen molar-refractivity contribution in [1.29, 1.82) is 0 Å². The highest BCUT2D eigenvalue weighted by atomic mass is 19.4. The summed E-state index contributed by atoms with van der Waals surface area (Å²) in [6, 6.07) is 4.90. The summed E-state index contributed by atoms with van der Waals surface area (Å²) in [5.41, 5.74) is -0.271. The molecule has 0 bridgehead atoms. The van der Waals surface area contributed by atoms with Crippen molar-refractivity contribution in [2.75, 3.05) is 24.6 Å². The van der Waals surface area contributed by atoms with Gasteiger partial charge >= 0.3 is 12.1 Å². The molecule has 8 heteroatoms. The number of carbonyl (C=O) groups is 1. The molecule has 2 heterocycles. The first-order valence-electron chi connectivity index (χ1n) is 9.87. The van der Waals surface area contributed by atoms with Gasteiger partial charge in [0.25, 0.3) is 0 Å². The second-order valence-corrected chi connectivity index (χ2v) is 6.98. The van der Waals surface area contributed by atoms with E-state index in [1.54, 1.807) is 6.92 Å². The zero-order valence-corrected chi connectivity index (χ0v) is 16.3. The minimum Gasteiger partial charge on any atom is -0.462 e. The van der Waals surface area contributed by atoms with Crippen LogP contribution in [0.4, 0.5) is 19.0 Å². The second-order valence-electron chi connectivity index (χ2n) is 6.98. The van der Waals surface area contributed by atoms with Gasteiger partial charge in [-0.2, -0.15) is 13.2 Å². The van der Waals surface area contributed by atoms with Crippen LogP contribution < -0.4 is 4.90 Å². The van der Waals surface area contributed by atoms with E-state index < -0.39 is 17.7 Å². The fourth-order valence-corrected chi connectivity index (χ4v) is 3.40. The molecule has 1 saturated heterocycles. The number of halogens is 3. The molecule has 156 valence electrons. The first-order chi connectivity index (χ1) is 13.9. The third-order valence-electron chi connectivity index (χ3n) is 4.87. The van der Waals surface area contributed by atoms with Gasteiger partial charge in [-0.05, 0) is 31.9 Å². The number of ether oxygens (including phenoxy) is 1. The predicted molar refractivity (Wildman–Crippen MR) is 104 cm³/mol. The van der Waals surface area contributed by atoms with Gasteiger partial charge in [0.15, 0.2) is 5.82 Å². The van der Waals surface area contributed by atoms with E-state index in [2.05, 4.69) is 9.97 Å². The average Bonchev–Trinajstić information content (AvgIpc) is 2.67. The average molecular weight is 407 g/mol. The molecule has 0 N–H and O–H groups in total. The Bertz CT molecular complexity index is 847. The van der Waals surface area contributed by atoms with Crippen LogP contribution in [0.15, 0.2) is 30.5 Å². The van der Waals surface area contributed by atoms with E-state index in [0.29, 0.717) is 5.82 Å². The van der Waals surface area contributed by atoms with E-state index in [9.17, 15) is 18.0 Å². The molecule has 1 aliphatic heterocycles. The van der Waals surface area contributed by atoms with Gasteiger partial charge in [-0.25, -0.2) is 14.8 Å². The lowest BCUT2D eigenvalue weighted by atomic mass is 10.1. The molecule has 0 spiro atoms. The molecule has 1 fully saturated rings. The number of alkyl halides is 3. The summed E-state index contributed by atoms with van der Waals surface area (Å²) in [5, 5.41) is 0. The van der Waals surface area contributed by atoms with Crippen LogP contribution in [0.3, 0.4) is 0 Å². The van der Waals surface area contributed by atoms with Gasteiger partial charge in [-0.15, -0.1) is 0 Å². The van der Waals surface area contributed by atoms with Crippen molar-refractivity contribution in [2.45, 2.75) is 45.2 Å².